The van der Waals surface area contributed by atoms with E-state index in [1.54, 1.807) is 12.1 Å². The zero-order chi connectivity index (χ0) is 13.9. The molecule has 0 radical (unpaired) electrons. The van der Waals surface area contributed by atoms with Crippen LogP contribution in [-0.2, 0) is 0 Å². The molecule has 0 unspecified atom stereocenters. The number of carbonyl (C=O) groups excluding carboxylic acids is 2. The Labute approximate surface area is 112 Å². The van der Waals surface area contributed by atoms with Gasteiger partial charge in [0, 0.05) is 11.6 Å². The Kier molecular flexibility index (Phi) is 4.51. The minimum atomic E-state index is -0.276. The summed E-state index contributed by atoms with van der Waals surface area (Å²) in [7, 11) is 0. The molecule has 4 nitrogen and oxygen atoms in total. The summed E-state index contributed by atoms with van der Waals surface area (Å²) in [4.78, 5) is 24.7. The number of amides is 2. The maximum atomic E-state index is 11.9. The van der Waals surface area contributed by atoms with Crippen molar-refractivity contribution in [2.45, 2.75) is 46.2 Å². The molecule has 0 bridgehead atoms. The summed E-state index contributed by atoms with van der Waals surface area (Å²) in [5, 5.41) is 5.67. The first-order valence-corrected chi connectivity index (χ1v) is 6.74. The molecule has 1 aromatic rings. The maximum absolute atomic E-state index is 11.9. The van der Waals surface area contributed by atoms with Crippen LogP contribution < -0.4 is 10.6 Å². The van der Waals surface area contributed by atoms with E-state index in [2.05, 4.69) is 10.6 Å². The number of thiophene rings is 1. The maximum Gasteiger partial charge on any atom is 0.261 e. The van der Waals surface area contributed by atoms with Crippen LogP contribution in [0.2, 0.25) is 0 Å². The molecule has 1 rings (SSSR count). The Hall–Kier alpha value is -1.36. The van der Waals surface area contributed by atoms with Gasteiger partial charge in [0.2, 0.25) is 0 Å². The summed E-state index contributed by atoms with van der Waals surface area (Å²) < 4.78 is 0. The number of rotatable bonds is 3. The second-order valence-electron chi connectivity index (χ2n) is 5.50. The third-order valence-corrected chi connectivity index (χ3v) is 3.04. The molecule has 1 heterocycles. The average molecular weight is 268 g/mol. The van der Waals surface area contributed by atoms with Gasteiger partial charge in [-0.25, -0.2) is 0 Å². The average Bonchev–Trinajstić information content (AvgIpc) is 2.61. The highest BCUT2D eigenvalue weighted by Gasteiger charge is 2.18. The lowest BCUT2D eigenvalue weighted by atomic mass is 10.1. The van der Waals surface area contributed by atoms with Crippen LogP contribution in [0.4, 0.5) is 0 Å². The highest BCUT2D eigenvalue weighted by molar-refractivity contribution is 7.15. The molecule has 0 fully saturated rings. The van der Waals surface area contributed by atoms with Crippen LogP contribution in [0.15, 0.2) is 12.1 Å². The number of carbonyl (C=O) groups is 2. The lowest BCUT2D eigenvalue weighted by molar-refractivity contribution is 0.0921. The number of hydrogen-bond acceptors (Lipinski definition) is 3. The highest BCUT2D eigenvalue weighted by Crippen LogP contribution is 2.17. The van der Waals surface area contributed by atoms with E-state index in [1.807, 2.05) is 34.6 Å². The monoisotopic (exact) mass is 268 g/mol. The van der Waals surface area contributed by atoms with E-state index in [0.717, 1.165) is 0 Å². The zero-order valence-corrected chi connectivity index (χ0v) is 12.3. The van der Waals surface area contributed by atoms with E-state index in [9.17, 15) is 9.59 Å². The molecule has 100 valence electrons. The summed E-state index contributed by atoms with van der Waals surface area (Å²) in [5.74, 6) is -0.277. The lowest BCUT2D eigenvalue weighted by Crippen LogP contribution is -2.40. The van der Waals surface area contributed by atoms with Gasteiger partial charge in [0.1, 0.15) is 0 Å². The van der Waals surface area contributed by atoms with Gasteiger partial charge in [0.25, 0.3) is 11.8 Å². The molecule has 0 aromatic carbocycles. The Morgan fingerprint density at radius 1 is 1.11 bits per heavy atom. The molecular formula is C13H20N2O2S. The molecule has 0 aliphatic heterocycles. The third-order valence-electron chi connectivity index (χ3n) is 1.96. The predicted molar refractivity (Wildman–Crippen MR) is 74.1 cm³/mol. The Balaban J connectivity index is 2.74. The van der Waals surface area contributed by atoms with Gasteiger partial charge in [0.15, 0.2) is 0 Å². The van der Waals surface area contributed by atoms with Crippen molar-refractivity contribution >= 4 is 23.2 Å². The van der Waals surface area contributed by atoms with Crippen molar-refractivity contribution < 1.29 is 9.59 Å². The van der Waals surface area contributed by atoms with Crippen molar-refractivity contribution in [2.75, 3.05) is 0 Å². The van der Waals surface area contributed by atoms with Crippen LogP contribution in [0.5, 0.6) is 0 Å². The molecule has 0 spiro atoms. The van der Waals surface area contributed by atoms with Crippen molar-refractivity contribution in [2.24, 2.45) is 0 Å². The molecule has 0 saturated carbocycles. The Morgan fingerprint density at radius 2 is 1.61 bits per heavy atom. The minimum absolute atomic E-state index is 0.0893. The lowest BCUT2D eigenvalue weighted by Gasteiger charge is -2.19. The molecule has 5 heteroatoms. The molecule has 0 aliphatic carbocycles. The number of nitrogens with one attached hydrogen (secondary N) is 2. The molecule has 0 saturated heterocycles. The molecule has 2 N–H and O–H groups in total. The van der Waals surface area contributed by atoms with Crippen LogP contribution in [0.3, 0.4) is 0 Å². The van der Waals surface area contributed by atoms with Gasteiger partial charge >= 0.3 is 0 Å². The van der Waals surface area contributed by atoms with Gasteiger partial charge in [0.05, 0.1) is 9.75 Å². The fraction of sp³-hybridized carbons (Fsp3) is 0.538. The van der Waals surface area contributed by atoms with Crippen LogP contribution >= 0.6 is 11.3 Å². The molecular weight excluding hydrogens is 248 g/mol. The Morgan fingerprint density at radius 3 is 2.06 bits per heavy atom. The first-order chi connectivity index (χ1) is 8.19. The van der Waals surface area contributed by atoms with E-state index in [-0.39, 0.29) is 23.4 Å². The van der Waals surface area contributed by atoms with Gasteiger partial charge < -0.3 is 10.6 Å². The van der Waals surface area contributed by atoms with E-state index in [1.165, 1.54) is 11.3 Å². The van der Waals surface area contributed by atoms with E-state index in [4.69, 9.17) is 0 Å². The Bertz CT molecular complexity index is 444. The fourth-order valence-corrected chi connectivity index (χ4v) is 2.12. The largest absolute Gasteiger partial charge is 0.349 e. The van der Waals surface area contributed by atoms with Crippen molar-refractivity contribution in [3.8, 4) is 0 Å². The first-order valence-electron chi connectivity index (χ1n) is 5.92. The SMILES string of the molecule is CC(C)NC(=O)c1ccc(C(=O)NC(C)(C)C)s1. The normalized spacial score (nSPS) is 11.4. The second-order valence-corrected chi connectivity index (χ2v) is 6.58. The molecule has 1 aromatic heterocycles. The van der Waals surface area contributed by atoms with Gasteiger partial charge in [-0.3, -0.25) is 9.59 Å². The van der Waals surface area contributed by atoms with Gasteiger partial charge in [-0.2, -0.15) is 0 Å². The van der Waals surface area contributed by atoms with Crippen LogP contribution in [0.1, 0.15) is 54.0 Å². The quantitative estimate of drug-likeness (QED) is 0.884. The molecule has 2 amide bonds. The minimum Gasteiger partial charge on any atom is -0.349 e. The second kappa shape index (κ2) is 5.52. The van der Waals surface area contributed by atoms with E-state index in [0.29, 0.717) is 9.75 Å². The highest BCUT2D eigenvalue weighted by atomic mass is 32.1. The summed E-state index contributed by atoms with van der Waals surface area (Å²) in [6.45, 7) is 9.57. The molecule has 0 atom stereocenters. The zero-order valence-electron chi connectivity index (χ0n) is 11.5. The van der Waals surface area contributed by atoms with E-state index >= 15 is 0 Å². The summed E-state index contributed by atoms with van der Waals surface area (Å²) >= 11 is 1.21. The van der Waals surface area contributed by atoms with Crippen molar-refractivity contribution in [3.63, 3.8) is 0 Å². The first kappa shape index (κ1) is 14.7. The van der Waals surface area contributed by atoms with Crippen LogP contribution in [-0.4, -0.2) is 23.4 Å². The van der Waals surface area contributed by atoms with Gasteiger partial charge in [-0.05, 0) is 46.8 Å². The number of hydrogen-bond donors (Lipinski definition) is 2. The standard InChI is InChI=1S/C13H20N2O2S/c1-8(2)14-11(16)9-6-7-10(18-9)12(17)15-13(3,4)5/h6-8H,1-5H3,(H,14,16)(H,15,17). The molecule has 18 heavy (non-hydrogen) atoms. The van der Waals surface area contributed by atoms with E-state index < -0.39 is 0 Å². The summed E-state index contributed by atoms with van der Waals surface area (Å²) in [6, 6.07) is 3.45. The molecule has 0 aliphatic rings. The third kappa shape index (κ3) is 4.49. The summed E-state index contributed by atoms with van der Waals surface area (Å²) in [6.07, 6.45) is 0. The van der Waals surface area contributed by atoms with Gasteiger partial charge in [-0.15, -0.1) is 11.3 Å². The van der Waals surface area contributed by atoms with Crippen molar-refractivity contribution in [1.29, 1.82) is 0 Å². The topological polar surface area (TPSA) is 58.2 Å². The van der Waals surface area contributed by atoms with Crippen LogP contribution in [0, 0.1) is 0 Å². The summed E-state index contributed by atoms with van der Waals surface area (Å²) in [5.41, 5.74) is -0.276. The smallest absolute Gasteiger partial charge is 0.261 e. The van der Waals surface area contributed by atoms with Crippen LogP contribution in [0.25, 0.3) is 0 Å². The predicted octanol–water partition coefficient (Wildman–Crippen LogP) is 2.41. The van der Waals surface area contributed by atoms with Crippen molar-refractivity contribution in [3.05, 3.63) is 21.9 Å². The van der Waals surface area contributed by atoms with Gasteiger partial charge in [-0.1, -0.05) is 0 Å². The van der Waals surface area contributed by atoms with Crippen molar-refractivity contribution in [1.82, 2.24) is 10.6 Å². The fourth-order valence-electron chi connectivity index (χ4n) is 1.32.